The van der Waals surface area contributed by atoms with Crippen LogP contribution in [-0.2, 0) is 4.53 Å². The molecule has 168 valence electrons. The standard InChI is InChI=1S/C26H32N2O3Si/c1-27(2)22-18-16-20(17-19-22)25(26(29)21-12-8-7-9-13-21)28(31-32(4,5)6)23-14-10-11-15-24(23)30-3/h7-19,25H,1-6H3. The molecule has 0 aliphatic rings. The predicted molar refractivity (Wildman–Crippen MR) is 134 cm³/mol. The van der Waals surface area contributed by atoms with Crippen LogP contribution in [-0.4, -0.2) is 35.3 Å². The number of Topliss-reactive ketones (excluding diaryl/α,β-unsaturated/α-hetero) is 1. The number of rotatable bonds is 9. The van der Waals surface area contributed by atoms with Gasteiger partial charge in [0.25, 0.3) is 0 Å². The van der Waals surface area contributed by atoms with E-state index in [0.717, 1.165) is 16.9 Å². The predicted octanol–water partition coefficient (Wildman–Crippen LogP) is 5.96. The number of para-hydroxylation sites is 2. The fourth-order valence-electron chi connectivity index (χ4n) is 3.46. The summed E-state index contributed by atoms with van der Waals surface area (Å²) in [6.07, 6.45) is 0. The number of ether oxygens (including phenoxy) is 1. The minimum Gasteiger partial charge on any atom is -0.494 e. The van der Waals surface area contributed by atoms with Gasteiger partial charge in [-0.15, -0.1) is 0 Å². The summed E-state index contributed by atoms with van der Waals surface area (Å²) in [6, 6.07) is 24.4. The van der Waals surface area contributed by atoms with Crippen molar-refractivity contribution in [2.45, 2.75) is 25.7 Å². The fraction of sp³-hybridized carbons (Fsp3) is 0.269. The lowest BCUT2D eigenvalue weighted by atomic mass is 9.96. The van der Waals surface area contributed by atoms with Crippen LogP contribution in [0.3, 0.4) is 0 Å². The summed E-state index contributed by atoms with van der Waals surface area (Å²) in [4.78, 5) is 15.9. The van der Waals surface area contributed by atoms with Crippen molar-refractivity contribution >= 4 is 25.5 Å². The Morgan fingerprint density at radius 3 is 2.00 bits per heavy atom. The van der Waals surface area contributed by atoms with Crippen LogP contribution in [0.4, 0.5) is 11.4 Å². The average molecular weight is 449 g/mol. The molecule has 0 amide bonds. The van der Waals surface area contributed by atoms with E-state index in [9.17, 15) is 4.79 Å². The van der Waals surface area contributed by atoms with E-state index in [1.165, 1.54) is 0 Å². The van der Waals surface area contributed by atoms with Crippen LogP contribution >= 0.6 is 0 Å². The van der Waals surface area contributed by atoms with Crippen LogP contribution in [0.25, 0.3) is 0 Å². The fourth-order valence-corrected chi connectivity index (χ4v) is 4.25. The van der Waals surface area contributed by atoms with Gasteiger partial charge in [0.05, 0.1) is 7.11 Å². The van der Waals surface area contributed by atoms with Crippen molar-refractivity contribution < 1.29 is 14.1 Å². The Balaban J connectivity index is 2.19. The smallest absolute Gasteiger partial charge is 0.220 e. The molecule has 1 unspecified atom stereocenters. The highest BCUT2D eigenvalue weighted by molar-refractivity contribution is 6.69. The Morgan fingerprint density at radius 2 is 1.44 bits per heavy atom. The summed E-state index contributed by atoms with van der Waals surface area (Å²) in [7, 11) is 3.52. The van der Waals surface area contributed by atoms with Crippen molar-refractivity contribution in [3.8, 4) is 5.75 Å². The Hall–Kier alpha value is -3.09. The van der Waals surface area contributed by atoms with E-state index in [2.05, 4.69) is 19.6 Å². The molecule has 5 nitrogen and oxygen atoms in total. The lowest BCUT2D eigenvalue weighted by Crippen LogP contribution is -2.42. The number of carbonyl (C=O) groups excluding carboxylic acids is 1. The van der Waals surface area contributed by atoms with E-state index in [0.29, 0.717) is 11.3 Å². The molecule has 3 rings (SSSR count). The molecule has 0 aliphatic heterocycles. The number of nitrogens with zero attached hydrogens (tertiary/aromatic N) is 2. The van der Waals surface area contributed by atoms with Crippen molar-refractivity contribution in [1.29, 1.82) is 0 Å². The molecule has 0 N–H and O–H groups in total. The van der Waals surface area contributed by atoms with Gasteiger partial charge in [0, 0.05) is 25.3 Å². The normalized spacial score (nSPS) is 12.2. The lowest BCUT2D eigenvalue weighted by molar-refractivity contribution is 0.0905. The molecule has 0 saturated heterocycles. The Bertz CT molecular complexity index is 1030. The molecule has 0 aliphatic carbocycles. The molecular weight excluding hydrogens is 416 g/mol. The summed E-state index contributed by atoms with van der Waals surface area (Å²) >= 11 is 0. The number of anilines is 2. The summed E-state index contributed by atoms with van der Waals surface area (Å²) < 4.78 is 12.2. The molecule has 0 heterocycles. The van der Waals surface area contributed by atoms with Gasteiger partial charge in [0.15, 0.2) is 5.78 Å². The van der Waals surface area contributed by atoms with E-state index in [4.69, 9.17) is 9.26 Å². The number of methoxy groups -OCH3 is 1. The van der Waals surface area contributed by atoms with Gasteiger partial charge in [-0.05, 0) is 49.5 Å². The maximum absolute atomic E-state index is 13.9. The van der Waals surface area contributed by atoms with Gasteiger partial charge in [-0.2, -0.15) is 0 Å². The topological polar surface area (TPSA) is 42.0 Å². The number of benzene rings is 3. The van der Waals surface area contributed by atoms with E-state index >= 15 is 0 Å². The monoisotopic (exact) mass is 448 g/mol. The van der Waals surface area contributed by atoms with Gasteiger partial charge in [-0.1, -0.05) is 54.6 Å². The van der Waals surface area contributed by atoms with Crippen molar-refractivity contribution in [3.63, 3.8) is 0 Å². The highest BCUT2D eigenvalue weighted by atomic mass is 28.4. The van der Waals surface area contributed by atoms with E-state index in [-0.39, 0.29) is 5.78 Å². The molecule has 0 radical (unpaired) electrons. The van der Waals surface area contributed by atoms with E-state index < -0.39 is 14.4 Å². The number of carbonyl (C=O) groups is 1. The molecule has 1 atom stereocenters. The summed E-state index contributed by atoms with van der Waals surface area (Å²) in [5.74, 6) is 0.619. The quantitative estimate of drug-likeness (QED) is 0.230. The minimum absolute atomic E-state index is 0.0349. The first-order valence-corrected chi connectivity index (χ1v) is 14.1. The Labute approximate surface area is 192 Å². The van der Waals surface area contributed by atoms with Crippen LogP contribution in [0, 0.1) is 0 Å². The number of hydrogen-bond donors (Lipinski definition) is 0. The second kappa shape index (κ2) is 10.0. The van der Waals surface area contributed by atoms with Crippen LogP contribution in [0.1, 0.15) is 22.0 Å². The zero-order valence-corrected chi connectivity index (χ0v) is 20.7. The molecule has 0 spiro atoms. The first-order chi connectivity index (χ1) is 15.2. The third kappa shape index (κ3) is 5.58. The van der Waals surface area contributed by atoms with Gasteiger partial charge in [-0.3, -0.25) is 4.79 Å². The Kier molecular flexibility index (Phi) is 7.38. The zero-order valence-electron chi connectivity index (χ0n) is 19.7. The van der Waals surface area contributed by atoms with Crippen LogP contribution < -0.4 is 14.7 Å². The van der Waals surface area contributed by atoms with Gasteiger partial charge < -0.3 is 14.2 Å². The molecule has 0 bridgehead atoms. The maximum atomic E-state index is 13.9. The third-order valence-corrected chi connectivity index (χ3v) is 5.71. The molecule has 32 heavy (non-hydrogen) atoms. The van der Waals surface area contributed by atoms with Crippen LogP contribution in [0.5, 0.6) is 5.75 Å². The SMILES string of the molecule is COc1ccccc1N(O[Si](C)(C)C)C(C(=O)c1ccccc1)c1ccc(N(C)C)cc1. The summed E-state index contributed by atoms with van der Waals surface area (Å²) in [5.41, 5.74) is 3.28. The van der Waals surface area contributed by atoms with Crippen LogP contribution in [0.15, 0.2) is 78.9 Å². The summed E-state index contributed by atoms with van der Waals surface area (Å²) in [6.45, 7) is 6.32. The highest BCUT2D eigenvalue weighted by Gasteiger charge is 2.35. The number of hydrogen-bond acceptors (Lipinski definition) is 5. The lowest BCUT2D eigenvalue weighted by Gasteiger charge is -2.37. The maximum Gasteiger partial charge on any atom is 0.220 e. The Morgan fingerprint density at radius 1 is 0.844 bits per heavy atom. The van der Waals surface area contributed by atoms with Crippen molar-refractivity contribution in [2.24, 2.45) is 0 Å². The van der Waals surface area contributed by atoms with Gasteiger partial charge in [0.2, 0.25) is 8.32 Å². The van der Waals surface area contributed by atoms with Crippen molar-refractivity contribution in [2.75, 3.05) is 31.2 Å². The molecule has 3 aromatic carbocycles. The molecule has 0 saturated carbocycles. The van der Waals surface area contributed by atoms with E-state index in [1.54, 1.807) is 12.2 Å². The van der Waals surface area contributed by atoms with Crippen molar-refractivity contribution in [1.82, 2.24) is 0 Å². The van der Waals surface area contributed by atoms with Gasteiger partial charge in [0.1, 0.15) is 17.5 Å². The minimum atomic E-state index is -2.10. The van der Waals surface area contributed by atoms with Crippen molar-refractivity contribution in [3.05, 3.63) is 90.0 Å². The highest BCUT2D eigenvalue weighted by Crippen LogP contribution is 2.38. The second-order valence-electron chi connectivity index (χ2n) is 8.82. The molecule has 3 aromatic rings. The second-order valence-corrected chi connectivity index (χ2v) is 13.2. The third-order valence-electron chi connectivity index (χ3n) is 4.96. The number of hydroxylamine groups is 1. The first-order valence-electron chi connectivity index (χ1n) is 10.7. The summed E-state index contributed by atoms with van der Waals surface area (Å²) in [5, 5.41) is 1.76. The molecule has 6 heteroatoms. The molecular formula is C26H32N2O3Si. The molecule has 0 aromatic heterocycles. The van der Waals surface area contributed by atoms with E-state index in [1.807, 2.05) is 97.9 Å². The van der Waals surface area contributed by atoms with Crippen LogP contribution in [0.2, 0.25) is 19.6 Å². The van der Waals surface area contributed by atoms with Gasteiger partial charge in [-0.25, -0.2) is 5.06 Å². The number of ketones is 1. The first kappa shape index (κ1) is 23.6. The molecule has 0 fully saturated rings. The zero-order chi connectivity index (χ0) is 23.3. The average Bonchev–Trinajstić information content (AvgIpc) is 2.78. The largest absolute Gasteiger partial charge is 0.494 e. The van der Waals surface area contributed by atoms with Gasteiger partial charge >= 0.3 is 0 Å².